The number of benzene rings is 1. The monoisotopic (exact) mass is 447 g/mol. The average Bonchev–Trinajstić information content (AvgIpc) is 2.99. The Morgan fingerprint density at radius 2 is 1.78 bits per heavy atom. The molecule has 1 aliphatic rings. The first kappa shape index (κ1) is 21.3. The minimum Gasteiger partial charge on any atom is -0.369 e. The zero-order valence-corrected chi connectivity index (χ0v) is 16.4. The largest absolute Gasteiger partial charge is 0.433 e. The second-order valence-electron chi connectivity index (χ2n) is 7.01. The lowest BCUT2D eigenvalue weighted by Crippen LogP contribution is -2.41. The molecular formula is C21H14F5N5O. The van der Waals surface area contributed by atoms with Gasteiger partial charge in [-0.2, -0.15) is 17.6 Å². The molecule has 3 aromatic rings. The SMILES string of the molecule is CN1C(=O)C(c2ccnc(C(F)(F)F)c2)(c2cc(-c3cccnc3F)ccc2F)N=C1N. The van der Waals surface area contributed by atoms with Crippen LogP contribution in [-0.2, 0) is 16.5 Å². The maximum atomic E-state index is 15.1. The summed E-state index contributed by atoms with van der Waals surface area (Å²) in [4.78, 5) is 25.1. The Morgan fingerprint density at radius 3 is 2.41 bits per heavy atom. The van der Waals surface area contributed by atoms with Crippen LogP contribution in [0.1, 0.15) is 16.8 Å². The summed E-state index contributed by atoms with van der Waals surface area (Å²) in [6, 6.07) is 7.97. The minimum absolute atomic E-state index is 0.00496. The Kier molecular flexibility index (Phi) is 4.91. The van der Waals surface area contributed by atoms with Crippen molar-refractivity contribution in [2.45, 2.75) is 11.7 Å². The number of nitrogens with two attached hydrogens (primary N) is 1. The normalized spacial score (nSPS) is 18.8. The van der Waals surface area contributed by atoms with Gasteiger partial charge in [0.05, 0.1) is 0 Å². The lowest BCUT2D eigenvalue weighted by atomic mass is 9.81. The van der Waals surface area contributed by atoms with Gasteiger partial charge in [0, 0.05) is 30.6 Å². The van der Waals surface area contributed by atoms with Crippen LogP contribution >= 0.6 is 0 Å². The van der Waals surface area contributed by atoms with E-state index in [1.807, 2.05) is 0 Å². The summed E-state index contributed by atoms with van der Waals surface area (Å²) in [6.07, 6.45) is -2.75. The van der Waals surface area contributed by atoms with Crippen molar-refractivity contribution in [3.63, 3.8) is 0 Å². The van der Waals surface area contributed by atoms with Crippen LogP contribution in [-0.4, -0.2) is 33.8 Å². The van der Waals surface area contributed by atoms with Crippen molar-refractivity contribution < 1.29 is 26.7 Å². The molecule has 0 spiro atoms. The third-order valence-corrected chi connectivity index (χ3v) is 5.13. The van der Waals surface area contributed by atoms with E-state index in [1.54, 1.807) is 0 Å². The quantitative estimate of drug-likeness (QED) is 0.492. The number of hydrogen-bond donors (Lipinski definition) is 1. The lowest BCUT2D eigenvalue weighted by Gasteiger charge is -2.27. The van der Waals surface area contributed by atoms with Crippen molar-refractivity contribution in [2.75, 3.05) is 7.05 Å². The first-order chi connectivity index (χ1) is 15.1. The number of halogens is 5. The van der Waals surface area contributed by atoms with E-state index in [4.69, 9.17) is 5.73 Å². The number of carbonyl (C=O) groups is 1. The number of pyridine rings is 2. The summed E-state index contributed by atoms with van der Waals surface area (Å²) >= 11 is 0. The maximum Gasteiger partial charge on any atom is 0.433 e. The van der Waals surface area contributed by atoms with E-state index in [0.29, 0.717) is 6.07 Å². The molecule has 6 nitrogen and oxygen atoms in total. The lowest BCUT2D eigenvalue weighted by molar-refractivity contribution is -0.141. The topological polar surface area (TPSA) is 84.5 Å². The highest BCUT2D eigenvalue weighted by Gasteiger charge is 2.52. The predicted molar refractivity (Wildman–Crippen MR) is 104 cm³/mol. The molecule has 1 amide bonds. The second kappa shape index (κ2) is 7.36. The first-order valence-electron chi connectivity index (χ1n) is 9.14. The molecule has 32 heavy (non-hydrogen) atoms. The summed E-state index contributed by atoms with van der Waals surface area (Å²) in [5, 5.41) is 0. The van der Waals surface area contributed by atoms with Gasteiger partial charge in [-0.25, -0.2) is 14.4 Å². The second-order valence-corrected chi connectivity index (χ2v) is 7.01. The number of alkyl halides is 3. The number of nitrogens with zero attached hydrogens (tertiary/aromatic N) is 4. The van der Waals surface area contributed by atoms with E-state index in [0.717, 1.165) is 29.3 Å². The van der Waals surface area contributed by atoms with Crippen molar-refractivity contribution in [1.29, 1.82) is 0 Å². The van der Waals surface area contributed by atoms with Crippen molar-refractivity contribution >= 4 is 11.9 Å². The number of amides is 1. The highest BCUT2D eigenvalue weighted by Crippen LogP contribution is 2.43. The number of likely N-dealkylation sites (N-methyl/N-ethyl adjacent to an activating group) is 1. The zero-order valence-electron chi connectivity index (χ0n) is 16.4. The number of aliphatic imine (C=N–C) groups is 1. The molecule has 0 radical (unpaired) electrons. The van der Waals surface area contributed by atoms with Crippen molar-refractivity contribution in [3.05, 3.63) is 83.4 Å². The van der Waals surface area contributed by atoms with Crippen LogP contribution in [0.4, 0.5) is 22.0 Å². The molecule has 1 aromatic carbocycles. The highest BCUT2D eigenvalue weighted by molar-refractivity contribution is 6.09. The molecule has 1 unspecified atom stereocenters. The highest BCUT2D eigenvalue weighted by atomic mass is 19.4. The van der Waals surface area contributed by atoms with Crippen LogP contribution in [0.2, 0.25) is 0 Å². The Balaban J connectivity index is 2.02. The molecule has 3 heterocycles. The Hall–Kier alpha value is -3.89. The zero-order chi connectivity index (χ0) is 23.3. The molecule has 0 saturated heterocycles. The van der Waals surface area contributed by atoms with Gasteiger partial charge in [0.15, 0.2) is 11.5 Å². The maximum absolute atomic E-state index is 15.1. The van der Waals surface area contributed by atoms with E-state index in [-0.39, 0.29) is 22.6 Å². The van der Waals surface area contributed by atoms with E-state index < -0.39 is 40.6 Å². The molecule has 4 rings (SSSR count). The van der Waals surface area contributed by atoms with Crippen LogP contribution < -0.4 is 5.73 Å². The van der Waals surface area contributed by atoms with E-state index in [2.05, 4.69) is 15.0 Å². The van der Waals surface area contributed by atoms with Gasteiger partial charge in [0.1, 0.15) is 11.5 Å². The van der Waals surface area contributed by atoms with Gasteiger partial charge in [-0.15, -0.1) is 0 Å². The molecular weight excluding hydrogens is 433 g/mol. The molecule has 0 fully saturated rings. The van der Waals surface area contributed by atoms with Crippen molar-refractivity contribution in [1.82, 2.24) is 14.9 Å². The van der Waals surface area contributed by atoms with Crippen molar-refractivity contribution in [3.8, 4) is 11.1 Å². The van der Waals surface area contributed by atoms with Crippen molar-refractivity contribution in [2.24, 2.45) is 10.7 Å². The Bertz CT molecular complexity index is 1260. The minimum atomic E-state index is -4.82. The van der Waals surface area contributed by atoms with Gasteiger partial charge in [0.25, 0.3) is 5.91 Å². The van der Waals surface area contributed by atoms with Crippen LogP contribution in [0.15, 0.2) is 59.9 Å². The Labute approximate surface area is 178 Å². The molecule has 11 heteroatoms. The van der Waals surface area contributed by atoms with E-state index in [9.17, 15) is 22.4 Å². The summed E-state index contributed by atoms with van der Waals surface area (Å²) in [6.45, 7) is 0. The molecule has 1 aliphatic heterocycles. The molecule has 0 saturated carbocycles. The number of carbonyl (C=O) groups excluding carboxylic acids is 1. The third kappa shape index (κ3) is 3.26. The van der Waals surface area contributed by atoms with Gasteiger partial charge in [-0.3, -0.25) is 14.7 Å². The summed E-state index contributed by atoms with van der Waals surface area (Å²) in [5.41, 5.74) is 1.70. The standard InChI is InChI=1S/C21H14F5N5O/c1-31-18(32)20(30-19(31)27,12-6-8-28-16(10-12)21(24,25)26)14-9-11(4-5-15(14)22)13-3-2-7-29-17(13)23/h2-10H,1H3,(H2,27,30). The van der Waals surface area contributed by atoms with Gasteiger partial charge in [0.2, 0.25) is 5.95 Å². The average molecular weight is 447 g/mol. The fourth-order valence-electron chi connectivity index (χ4n) is 3.54. The number of hydrogen-bond acceptors (Lipinski definition) is 5. The predicted octanol–water partition coefficient (Wildman–Crippen LogP) is 3.47. The van der Waals surface area contributed by atoms with Crippen LogP contribution in [0.3, 0.4) is 0 Å². The molecule has 0 bridgehead atoms. The third-order valence-electron chi connectivity index (χ3n) is 5.13. The molecule has 0 aliphatic carbocycles. The van der Waals surface area contributed by atoms with Gasteiger partial charge >= 0.3 is 6.18 Å². The fourth-order valence-corrected chi connectivity index (χ4v) is 3.54. The van der Waals surface area contributed by atoms with Crippen LogP contribution in [0.25, 0.3) is 11.1 Å². The van der Waals surface area contributed by atoms with Crippen LogP contribution in [0.5, 0.6) is 0 Å². The molecule has 2 aromatic heterocycles. The number of guanidine groups is 1. The van der Waals surface area contributed by atoms with Gasteiger partial charge < -0.3 is 5.73 Å². The summed E-state index contributed by atoms with van der Waals surface area (Å²) in [7, 11) is 1.26. The number of aromatic nitrogens is 2. The molecule has 1 atom stereocenters. The van der Waals surface area contributed by atoms with E-state index in [1.165, 1.54) is 31.4 Å². The number of rotatable bonds is 3. The Morgan fingerprint density at radius 1 is 1.03 bits per heavy atom. The molecule has 164 valence electrons. The van der Waals surface area contributed by atoms with E-state index >= 15 is 4.39 Å². The molecule has 2 N–H and O–H groups in total. The van der Waals surface area contributed by atoms with Gasteiger partial charge in [-0.05, 0) is 47.5 Å². The summed E-state index contributed by atoms with van der Waals surface area (Å²) in [5.74, 6) is -2.99. The summed E-state index contributed by atoms with van der Waals surface area (Å²) < 4.78 is 69.2. The van der Waals surface area contributed by atoms with Crippen LogP contribution in [0, 0.1) is 11.8 Å². The van der Waals surface area contributed by atoms with Gasteiger partial charge in [-0.1, -0.05) is 6.07 Å². The smallest absolute Gasteiger partial charge is 0.369 e. The first-order valence-corrected chi connectivity index (χ1v) is 9.14. The fraction of sp³-hybridized carbons (Fsp3) is 0.143.